The Balaban J connectivity index is 1.39. The van der Waals surface area contributed by atoms with Crippen LogP contribution in [0.3, 0.4) is 0 Å². The van der Waals surface area contributed by atoms with Gasteiger partial charge in [0.2, 0.25) is 5.91 Å². The van der Waals surface area contributed by atoms with Crippen molar-refractivity contribution in [3.63, 3.8) is 0 Å². The van der Waals surface area contributed by atoms with Crippen LogP contribution in [0, 0.1) is 17.0 Å². The molecule has 2 aliphatic rings. The van der Waals surface area contributed by atoms with Crippen molar-refractivity contribution >= 4 is 29.0 Å². The van der Waals surface area contributed by atoms with Crippen molar-refractivity contribution in [3.05, 3.63) is 39.7 Å². The first kappa shape index (κ1) is 17.0. The zero-order valence-electron chi connectivity index (χ0n) is 14.3. The number of thioether (sulfide) groups is 1. The molecule has 0 spiro atoms. The number of benzene rings is 1. The van der Waals surface area contributed by atoms with Crippen molar-refractivity contribution in [1.29, 1.82) is 0 Å². The van der Waals surface area contributed by atoms with Crippen LogP contribution in [0.2, 0.25) is 0 Å². The molecule has 0 atom stereocenters. The van der Waals surface area contributed by atoms with Gasteiger partial charge in [0.05, 0.1) is 10.7 Å². The zero-order chi connectivity index (χ0) is 18.3. The SMILES string of the molecule is Cc1cc([N+](=O)[O-])ccc1NC(=O)CSc1nnc(C2CC2)n1C1CC1. The maximum absolute atomic E-state index is 12.3. The molecule has 26 heavy (non-hydrogen) atoms. The van der Waals surface area contributed by atoms with E-state index in [9.17, 15) is 14.9 Å². The summed E-state index contributed by atoms with van der Waals surface area (Å²) >= 11 is 1.39. The predicted molar refractivity (Wildman–Crippen MR) is 97.5 cm³/mol. The lowest BCUT2D eigenvalue weighted by atomic mass is 10.2. The van der Waals surface area contributed by atoms with Crippen LogP contribution >= 0.6 is 11.8 Å². The first-order chi connectivity index (χ1) is 12.5. The second kappa shape index (κ2) is 6.71. The number of carbonyl (C=O) groups excluding carboxylic acids is 1. The molecule has 2 saturated carbocycles. The minimum Gasteiger partial charge on any atom is -0.325 e. The van der Waals surface area contributed by atoms with E-state index in [1.165, 1.54) is 36.7 Å². The highest BCUT2D eigenvalue weighted by Crippen LogP contribution is 2.45. The molecule has 2 fully saturated rings. The molecular formula is C17H19N5O3S. The number of non-ortho nitro benzene ring substituents is 1. The Bertz CT molecular complexity index is 873. The minimum atomic E-state index is -0.448. The molecule has 8 nitrogen and oxygen atoms in total. The maximum Gasteiger partial charge on any atom is 0.269 e. The van der Waals surface area contributed by atoms with Crippen LogP contribution in [0.5, 0.6) is 0 Å². The molecule has 1 aromatic carbocycles. The summed E-state index contributed by atoms with van der Waals surface area (Å²) in [6, 6.07) is 4.90. The summed E-state index contributed by atoms with van der Waals surface area (Å²) in [7, 11) is 0. The fourth-order valence-electron chi connectivity index (χ4n) is 2.90. The van der Waals surface area contributed by atoms with Crippen LogP contribution in [0.4, 0.5) is 11.4 Å². The van der Waals surface area contributed by atoms with Crippen LogP contribution in [0.15, 0.2) is 23.4 Å². The number of nitrogens with zero attached hydrogens (tertiary/aromatic N) is 4. The first-order valence-corrected chi connectivity index (χ1v) is 9.64. The largest absolute Gasteiger partial charge is 0.325 e. The van der Waals surface area contributed by atoms with Crippen LogP contribution in [-0.4, -0.2) is 31.3 Å². The van der Waals surface area contributed by atoms with Gasteiger partial charge in [0.1, 0.15) is 5.82 Å². The van der Waals surface area contributed by atoms with Gasteiger partial charge >= 0.3 is 0 Å². The Morgan fingerprint density at radius 3 is 2.73 bits per heavy atom. The first-order valence-electron chi connectivity index (χ1n) is 8.65. The lowest BCUT2D eigenvalue weighted by Gasteiger charge is -2.09. The number of nitrogens with one attached hydrogen (secondary N) is 1. The number of hydrogen-bond acceptors (Lipinski definition) is 6. The van der Waals surface area contributed by atoms with Crippen molar-refractivity contribution < 1.29 is 9.72 Å². The zero-order valence-corrected chi connectivity index (χ0v) is 15.2. The van der Waals surface area contributed by atoms with Crippen LogP contribution in [0.1, 0.15) is 49.0 Å². The molecule has 0 aliphatic heterocycles. The quantitative estimate of drug-likeness (QED) is 0.453. The Kier molecular flexibility index (Phi) is 4.39. The molecule has 1 heterocycles. The predicted octanol–water partition coefficient (Wildman–Crippen LogP) is 3.44. The fraction of sp³-hybridized carbons (Fsp3) is 0.471. The molecule has 9 heteroatoms. The van der Waals surface area contributed by atoms with E-state index in [4.69, 9.17) is 0 Å². The van der Waals surface area contributed by atoms with Crippen molar-refractivity contribution in [3.8, 4) is 0 Å². The monoisotopic (exact) mass is 373 g/mol. The van der Waals surface area contributed by atoms with E-state index >= 15 is 0 Å². The van der Waals surface area contributed by atoms with Crippen LogP contribution in [-0.2, 0) is 4.79 Å². The van der Waals surface area contributed by atoms with Gasteiger partial charge in [-0.3, -0.25) is 14.9 Å². The summed E-state index contributed by atoms with van der Waals surface area (Å²) in [4.78, 5) is 22.6. The highest BCUT2D eigenvalue weighted by molar-refractivity contribution is 7.99. The number of anilines is 1. The van der Waals surface area contributed by atoms with Gasteiger partial charge in [-0.05, 0) is 44.2 Å². The number of amides is 1. The van der Waals surface area contributed by atoms with Crippen molar-refractivity contribution in [2.75, 3.05) is 11.1 Å². The second-order valence-electron chi connectivity index (χ2n) is 6.81. The average Bonchev–Trinajstić information content (AvgIpc) is 3.53. The normalized spacial score (nSPS) is 16.5. The standard InChI is InChI=1S/C17H19N5O3S/c1-10-8-13(22(24)25)6-7-14(10)18-15(23)9-26-17-20-19-16(11-2-3-11)21(17)12-4-5-12/h6-8,11-12H,2-5,9H2,1H3,(H,18,23). The van der Waals surface area contributed by atoms with E-state index in [-0.39, 0.29) is 17.3 Å². The Morgan fingerprint density at radius 2 is 2.12 bits per heavy atom. The number of nitro groups is 1. The molecular weight excluding hydrogens is 354 g/mol. The number of nitro benzene ring substituents is 1. The second-order valence-corrected chi connectivity index (χ2v) is 7.75. The molecule has 0 unspecified atom stereocenters. The van der Waals surface area contributed by atoms with Gasteiger partial charge in [-0.1, -0.05) is 11.8 Å². The molecule has 0 bridgehead atoms. The number of aromatic nitrogens is 3. The molecule has 136 valence electrons. The summed E-state index contributed by atoms with van der Waals surface area (Å²) < 4.78 is 2.22. The van der Waals surface area contributed by atoms with Gasteiger partial charge in [0.15, 0.2) is 5.16 Å². The van der Waals surface area contributed by atoms with Gasteiger partial charge < -0.3 is 9.88 Å². The fourth-order valence-corrected chi connectivity index (χ4v) is 3.71. The lowest BCUT2D eigenvalue weighted by molar-refractivity contribution is -0.384. The van der Waals surface area contributed by atoms with E-state index in [2.05, 4.69) is 20.1 Å². The molecule has 1 amide bonds. The number of rotatable bonds is 7. The Hall–Kier alpha value is -2.42. The van der Waals surface area contributed by atoms with E-state index < -0.39 is 4.92 Å². The van der Waals surface area contributed by atoms with Crippen molar-refractivity contribution in [2.24, 2.45) is 0 Å². The third-order valence-corrected chi connectivity index (χ3v) is 5.52. The lowest BCUT2D eigenvalue weighted by Crippen LogP contribution is -2.15. The Labute approximate surface area is 154 Å². The third-order valence-electron chi connectivity index (χ3n) is 4.57. The number of hydrogen-bond donors (Lipinski definition) is 1. The highest BCUT2D eigenvalue weighted by atomic mass is 32.2. The highest BCUT2D eigenvalue weighted by Gasteiger charge is 2.36. The smallest absolute Gasteiger partial charge is 0.269 e. The van der Waals surface area contributed by atoms with Crippen LogP contribution in [0.25, 0.3) is 0 Å². The number of carbonyl (C=O) groups is 1. The van der Waals surface area contributed by atoms with Crippen molar-refractivity contribution in [2.45, 2.75) is 49.7 Å². The molecule has 1 N–H and O–H groups in total. The third kappa shape index (κ3) is 3.57. The molecule has 2 aliphatic carbocycles. The molecule has 1 aromatic heterocycles. The summed E-state index contributed by atoms with van der Waals surface area (Å²) in [5, 5.41) is 23.0. The summed E-state index contributed by atoms with van der Waals surface area (Å²) in [5.41, 5.74) is 1.26. The Morgan fingerprint density at radius 1 is 1.35 bits per heavy atom. The summed E-state index contributed by atoms with van der Waals surface area (Å²) in [5.74, 6) is 1.67. The van der Waals surface area contributed by atoms with E-state index in [1.54, 1.807) is 13.0 Å². The molecule has 0 saturated heterocycles. The van der Waals surface area contributed by atoms with E-state index in [1.807, 2.05) is 0 Å². The molecule has 0 radical (unpaired) electrons. The average molecular weight is 373 g/mol. The van der Waals surface area contributed by atoms with E-state index in [0.29, 0.717) is 23.2 Å². The van der Waals surface area contributed by atoms with Gasteiger partial charge in [0.25, 0.3) is 5.69 Å². The minimum absolute atomic E-state index is 0.0139. The van der Waals surface area contributed by atoms with Crippen LogP contribution < -0.4 is 5.32 Å². The topological polar surface area (TPSA) is 103 Å². The summed E-state index contributed by atoms with van der Waals surface area (Å²) in [6.45, 7) is 1.74. The summed E-state index contributed by atoms with van der Waals surface area (Å²) in [6.07, 6.45) is 4.66. The van der Waals surface area contributed by atoms with E-state index in [0.717, 1.165) is 23.8 Å². The molecule has 2 aromatic rings. The van der Waals surface area contributed by atoms with Crippen molar-refractivity contribution in [1.82, 2.24) is 14.8 Å². The van der Waals surface area contributed by atoms with Gasteiger partial charge in [-0.15, -0.1) is 10.2 Å². The number of aryl methyl sites for hydroxylation is 1. The van der Waals surface area contributed by atoms with Gasteiger partial charge in [-0.2, -0.15) is 0 Å². The maximum atomic E-state index is 12.3. The van der Waals surface area contributed by atoms with Gasteiger partial charge in [-0.25, -0.2) is 0 Å². The molecule has 4 rings (SSSR count). The van der Waals surface area contributed by atoms with Gasteiger partial charge in [0, 0.05) is 29.8 Å².